The highest BCUT2D eigenvalue weighted by Crippen LogP contribution is 2.25. The maximum absolute atomic E-state index is 5.86. The lowest BCUT2D eigenvalue weighted by Crippen LogP contribution is -2.44. The second kappa shape index (κ2) is 9.26. The van der Waals surface area contributed by atoms with E-state index in [9.17, 15) is 0 Å². The van der Waals surface area contributed by atoms with Gasteiger partial charge in [-0.3, -0.25) is 0 Å². The molecule has 4 nitrogen and oxygen atoms in total. The van der Waals surface area contributed by atoms with Crippen molar-refractivity contribution in [2.24, 2.45) is 5.73 Å². The third-order valence-electron chi connectivity index (χ3n) is 4.06. The van der Waals surface area contributed by atoms with E-state index in [-0.39, 0.29) is 6.04 Å². The number of piperazine rings is 1. The van der Waals surface area contributed by atoms with E-state index in [1.165, 1.54) is 0 Å². The summed E-state index contributed by atoms with van der Waals surface area (Å²) in [4.78, 5) is 10.1. The van der Waals surface area contributed by atoms with Gasteiger partial charge in [-0.25, -0.2) is 4.98 Å². The fourth-order valence-corrected chi connectivity index (χ4v) is 3.40. The zero-order chi connectivity index (χ0) is 18.2. The Kier molecular flexibility index (Phi) is 7.05. The summed E-state index contributed by atoms with van der Waals surface area (Å²) in [6.07, 6.45) is 8.20. The van der Waals surface area contributed by atoms with E-state index in [4.69, 9.17) is 5.73 Å². The highest BCUT2D eigenvalue weighted by molar-refractivity contribution is 7.12. The van der Waals surface area contributed by atoms with E-state index >= 15 is 0 Å². The number of thiazole rings is 1. The second-order valence-electron chi connectivity index (χ2n) is 5.88. The van der Waals surface area contributed by atoms with Crippen molar-refractivity contribution in [2.45, 2.75) is 19.4 Å². The van der Waals surface area contributed by atoms with Gasteiger partial charge in [-0.2, -0.15) is 0 Å². The largest absolute Gasteiger partial charge is 0.371 e. The van der Waals surface area contributed by atoms with Gasteiger partial charge in [0.05, 0.1) is 15.9 Å². The Bertz CT molecular complexity index is 712. The first-order valence-electron chi connectivity index (χ1n) is 8.35. The fourth-order valence-electron chi connectivity index (χ4n) is 2.63. The molecule has 1 fully saturated rings. The van der Waals surface area contributed by atoms with Crippen LogP contribution in [0, 0.1) is 18.8 Å². The van der Waals surface area contributed by atoms with Gasteiger partial charge in [-0.1, -0.05) is 43.7 Å². The lowest BCUT2D eigenvalue weighted by molar-refractivity contribution is 0.212. The minimum Gasteiger partial charge on any atom is -0.371 e. The van der Waals surface area contributed by atoms with Crippen LogP contribution >= 0.6 is 11.3 Å². The van der Waals surface area contributed by atoms with E-state index in [2.05, 4.69) is 46.4 Å². The van der Waals surface area contributed by atoms with Crippen LogP contribution in [0.1, 0.15) is 16.3 Å². The molecular formula is C20H26N4S. The topological polar surface area (TPSA) is 45.4 Å². The predicted molar refractivity (Wildman–Crippen MR) is 108 cm³/mol. The van der Waals surface area contributed by atoms with Gasteiger partial charge in [-0.05, 0) is 13.0 Å². The molecule has 1 saturated heterocycles. The molecule has 0 saturated carbocycles. The van der Waals surface area contributed by atoms with Gasteiger partial charge >= 0.3 is 0 Å². The number of aryl methyl sites for hydroxylation is 1. The number of hydrogen-bond acceptors (Lipinski definition) is 5. The first-order valence-corrected chi connectivity index (χ1v) is 9.16. The molecule has 1 aliphatic heterocycles. The van der Waals surface area contributed by atoms with Crippen LogP contribution in [-0.4, -0.2) is 47.0 Å². The predicted octanol–water partition coefficient (Wildman–Crippen LogP) is 3.02. The molecule has 1 unspecified atom stereocenters. The number of aromatic nitrogens is 1. The lowest BCUT2D eigenvalue weighted by Gasteiger charge is -2.38. The Morgan fingerprint density at radius 1 is 1.36 bits per heavy atom. The van der Waals surface area contributed by atoms with Crippen LogP contribution in [-0.2, 0) is 0 Å². The third-order valence-corrected chi connectivity index (χ3v) is 5.03. The van der Waals surface area contributed by atoms with Crippen LogP contribution in [0.4, 0.5) is 0 Å². The van der Waals surface area contributed by atoms with Gasteiger partial charge in [0, 0.05) is 50.2 Å². The summed E-state index contributed by atoms with van der Waals surface area (Å²) in [7, 11) is 0. The molecule has 0 amide bonds. The van der Waals surface area contributed by atoms with E-state index in [0.717, 1.165) is 53.9 Å². The average Bonchev–Trinajstić information content (AvgIpc) is 3.05. The van der Waals surface area contributed by atoms with E-state index in [1.54, 1.807) is 17.4 Å². The summed E-state index contributed by atoms with van der Waals surface area (Å²) in [5.74, 6) is 5.65. The van der Waals surface area contributed by atoms with E-state index in [1.807, 2.05) is 25.3 Å². The molecule has 132 valence electrons. The van der Waals surface area contributed by atoms with Crippen molar-refractivity contribution in [3.63, 3.8) is 0 Å². The third kappa shape index (κ3) is 5.63. The Morgan fingerprint density at radius 3 is 2.64 bits per heavy atom. The molecule has 5 heteroatoms. The van der Waals surface area contributed by atoms with Crippen molar-refractivity contribution < 1.29 is 0 Å². The monoisotopic (exact) mass is 354 g/mol. The maximum atomic E-state index is 5.86. The summed E-state index contributed by atoms with van der Waals surface area (Å²) >= 11 is 1.69. The summed E-state index contributed by atoms with van der Waals surface area (Å²) in [6, 6.07) is -0.256. The standard InChI is InChI=1S/C20H26N4S/c1-5-6-9-19(21)10-7-8-16(2)23-11-13-24(14-12-23)17(3)20-15-22-18(4)25-20/h5,7,10,15,19H,1-3,8,11-14,21H2,4H3/b10-7-. The molecule has 2 heterocycles. The molecule has 1 aromatic heterocycles. The Balaban J connectivity index is 1.79. The number of nitrogens with two attached hydrogens (primary N) is 1. The molecule has 25 heavy (non-hydrogen) atoms. The zero-order valence-corrected chi connectivity index (χ0v) is 15.7. The van der Waals surface area contributed by atoms with E-state index < -0.39 is 0 Å². The molecule has 1 aromatic rings. The van der Waals surface area contributed by atoms with Gasteiger partial charge in [-0.15, -0.1) is 11.3 Å². The molecule has 0 aromatic carbocycles. The highest BCUT2D eigenvalue weighted by atomic mass is 32.1. The van der Waals surface area contributed by atoms with Gasteiger partial charge in [0.25, 0.3) is 0 Å². The summed E-state index contributed by atoms with van der Waals surface area (Å²) in [6.45, 7) is 17.8. The van der Waals surface area contributed by atoms with Gasteiger partial charge in [0.2, 0.25) is 0 Å². The number of allylic oxidation sites excluding steroid dienone is 2. The molecule has 0 aliphatic carbocycles. The average molecular weight is 355 g/mol. The number of nitrogens with zero attached hydrogens (tertiary/aromatic N) is 3. The van der Waals surface area contributed by atoms with Crippen LogP contribution in [0.15, 0.2) is 49.9 Å². The van der Waals surface area contributed by atoms with Crippen molar-refractivity contribution >= 4 is 17.0 Å². The molecule has 0 bridgehead atoms. The quantitative estimate of drug-likeness (QED) is 0.630. The minimum atomic E-state index is -0.256. The number of rotatable bonds is 6. The maximum Gasteiger partial charge on any atom is 0.0901 e. The van der Waals surface area contributed by atoms with E-state index in [0.29, 0.717) is 0 Å². The van der Waals surface area contributed by atoms with Gasteiger partial charge in [0.1, 0.15) is 0 Å². The normalized spacial score (nSPS) is 15.6. The Hall–Kier alpha value is -2.29. The van der Waals surface area contributed by atoms with Crippen LogP contribution in [0.5, 0.6) is 0 Å². The van der Waals surface area contributed by atoms with Gasteiger partial charge in [0.15, 0.2) is 0 Å². The molecule has 1 atom stereocenters. The molecule has 2 N–H and O–H groups in total. The Morgan fingerprint density at radius 2 is 2.04 bits per heavy atom. The molecule has 0 spiro atoms. The second-order valence-corrected chi connectivity index (χ2v) is 7.12. The highest BCUT2D eigenvalue weighted by Gasteiger charge is 2.20. The van der Waals surface area contributed by atoms with Crippen molar-refractivity contribution in [1.82, 2.24) is 14.8 Å². The van der Waals surface area contributed by atoms with Crippen molar-refractivity contribution in [2.75, 3.05) is 26.2 Å². The molecule has 0 radical (unpaired) electrons. The minimum absolute atomic E-state index is 0.256. The summed E-state index contributed by atoms with van der Waals surface area (Å²) in [5, 5.41) is 1.07. The van der Waals surface area contributed by atoms with Crippen LogP contribution < -0.4 is 5.73 Å². The fraction of sp³-hybridized carbons (Fsp3) is 0.350. The van der Waals surface area contributed by atoms with Crippen molar-refractivity contribution in [3.8, 4) is 11.8 Å². The first kappa shape index (κ1) is 19.0. The zero-order valence-electron chi connectivity index (χ0n) is 14.9. The molecular weight excluding hydrogens is 328 g/mol. The number of hydrogen-bond donors (Lipinski definition) is 1. The lowest BCUT2D eigenvalue weighted by atomic mass is 10.2. The summed E-state index contributed by atoms with van der Waals surface area (Å²) < 4.78 is 0. The van der Waals surface area contributed by atoms with Gasteiger partial charge < -0.3 is 15.5 Å². The smallest absolute Gasteiger partial charge is 0.0901 e. The molecule has 2 rings (SSSR count). The molecule has 1 aliphatic rings. The Labute approximate surface area is 155 Å². The van der Waals surface area contributed by atoms with Crippen molar-refractivity contribution in [3.05, 3.63) is 59.7 Å². The summed E-state index contributed by atoms with van der Waals surface area (Å²) in [5.41, 5.74) is 8.04. The SMILES string of the molecule is C=CC#CC(N)/C=C\CC(=C)N1CCN(C(=C)c2cnc(C)s2)CC1. The van der Waals surface area contributed by atoms with Crippen LogP contribution in [0.2, 0.25) is 0 Å². The first-order chi connectivity index (χ1) is 12.0. The van der Waals surface area contributed by atoms with Crippen molar-refractivity contribution in [1.29, 1.82) is 0 Å². The van der Waals surface area contributed by atoms with Crippen LogP contribution in [0.25, 0.3) is 5.70 Å². The van der Waals surface area contributed by atoms with Crippen LogP contribution in [0.3, 0.4) is 0 Å².